The molecule has 0 radical (unpaired) electrons. The summed E-state index contributed by atoms with van der Waals surface area (Å²) < 4.78 is 0. The molecule has 2 saturated heterocycles. The average molecular weight is 242 g/mol. The zero-order valence-electron chi connectivity index (χ0n) is 11.0. The Morgan fingerprint density at radius 2 is 2.25 bits per heavy atom. The number of nitrogens with one attached hydrogen (secondary N) is 1. The third-order valence-electron chi connectivity index (χ3n) is 4.39. The topological polar surface area (TPSA) is 15.3 Å². The molecule has 0 bridgehead atoms. The molecule has 2 nitrogen and oxygen atoms in total. The first-order chi connectivity index (χ1) is 7.68. The molecule has 0 amide bonds. The van der Waals surface area contributed by atoms with Crippen LogP contribution in [-0.2, 0) is 0 Å². The molecular formula is C13H26N2S. The van der Waals surface area contributed by atoms with Gasteiger partial charge in [0.1, 0.15) is 0 Å². The number of thioether (sulfide) groups is 1. The van der Waals surface area contributed by atoms with E-state index in [2.05, 4.69) is 42.7 Å². The first kappa shape index (κ1) is 12.7. The van der Waals surface area contributed by atoms with Crippen LogP contribution >= 0.6 is 11.8 Å². The molecule has 2 aliphatic rings. The largest absolute Gasteiger partial charge is 0.309 e. The van der Waals surface area contributed by atoms with Crippen molar-refractivity contribution in [2.45, 2.75) is 57.7 Å². The van der Waals surface area contributed by atoms with E-state index in [0.29, 0.717) is 5.54 Å². The zero-order chi connectivity index (χ0) is 11.6. The molecule has 3 heteroatoms. The van der Waals surface area contributed by atoms with Crippen LogP contribution in [0.3, 0.4) is 0 Å². The molecule has 0 aliphatic carbocycles. The lowest BCUT2D eigenvalue weighted by Gasteiger charge is -2.48. The highest BCUT2D eigenvalue weighted by Gasteiger charge is 2.37. The van der Waals surface area contributed by atoms with Crippen molar-refractivity contribution in [1.29, 1.82) is 0 Å². The van der Waals surface area contributed by atoms with Crippen LogP contribution in [0.5, 0.6) is 0 Å². The van der Waals surface area contributed by atoms with Gasteiger partial charge in [-0.05, 0) is 31.9 Å². The van der Waals surface area contributed by atoms with Gasteiger partial charge in [-0.2, -0.15) is 11.8 Å². The van der Waals surface area contributed by atoms with Crippen LogP contribution in [-0.4, -0.2) is 47.1 Å². The molecule has 16 heavy (non-hydrogen) atoms. The minimum atomic E-state index is 0.346. The lowest BCUT2D eigenvalue weighted by molar-refractivity contribution is 0.0524. The Hall–Kier alpha value is 0.270. The summed E-state index contributed by atoms with van der Waals surface area (Å²) in [5.74, 6) is 2.73. The summed E-state index contributed by atoms with van der Waals surface area (Å²) in [5, 5.41) is 3.75. The molecular weight excluding hydrogens is 216 g/mol. The lowest BCUT2D eigenvalue weighted by Crippen LogP contribution is -2.64. The van der Waals surface area contributed by atoms with Gasteiger partial charge >= 0.3 is 0 Å². The van der Waals surface area contributed by atoms with E-state index in [1.807, 2.05) is 0 Å². The van der Waals surface area contributed by atoms with E-state index >= 15 is 0 Å². The first-order valence-electron chi connectivity index (χ1n) is 6.77. The first-order valence-corrected chi connectivity index (χ1v) is 7.92. The lowest BCUT2D eigenvalue weighted by atomic mass is 9.91. The Labute approximate surface area is 105 Å². The van der Waals surface area contributed by atoms with Crippen molar-refractivity contribution >= 4 is 11.8 Å². The Morgan fingerprint density at radius 3 is 2.81 bits per heavy atom. The second kappa shape index (κ2) is 5.28. The molecule has 0 spiro atoms. The Kier molecular flexibility index (Phi) is 4.20. The van der Waals surface area contributed by atoms with Crippen LogP contribution in [0.15, 0.2) is 0 Å². The quantitative estimate of drug-likeness (QED) is 0.818. The van der Waals surface area contributed by atoms with Gasteiger partial charge in [0.15, 0.2) is 0 Å². The van der Waals surface area contributed by atoms with Gasteiger partial charge in [0.25, 0.3) is 0 Å². The van der Waals surface area contributed by atoms with E-state index < -0.39 is 0 Å². The molecule has 3 unspecified atom stereocenters. The molecule has 2 fully saturated rings. The fourth-order valence-electron chi connectivity index (χ4n) is 2.90. The van der Waals surface area contributed by atoms with E-state index in [9.17, 15) is 0 Å². The van der Waals surface area contributed by atoms with Gasteiger partial charge in [0.2, 0.25) is 0 Å². The highest BCUT2D eigenvalue weighted by atomic mass is 32.2. The molecule has 94 valence electrons. The SMILES string of the molecule is CCC1CNC(C)(CC)CN1C1CCSC1. The minimum absolute atomic E-state index is 0.346. The van der Waals surface area contributed by atoms with Gasteiger partial charge in [-0.3, -0.25) is 4.90 Å². The van der Waals surface area contributed by atoms with E-state index in [0.717, 1.165) is 12.1 Å². The van der Waals surface area contributed by atoms with Crippen molar-refractivity contribution in [2.75, 3.05) is 24.6 Å². The second-order valence-corrected chi connectivity index (χ2v) is 6.70. The number of hydrogen-bond acceptors (Lipinski definition) is 3. The van der Waals surface area contributed by atoms with E-state index in [1.54, 1.807) is 0 Å². The van der Waals surface area contributed by atoms with Gasteiger partial charge in [-0.15, -0.1) is 0 Å². The van der Waals surface area contributed by atoms with Crippen LogP contribution in [0.4, 0.5) is 0 Å². The standard InChI is InChI=1S/C13H26N2S/c1-4-11-8-14-13(3,5-2)10-15(11)12-6-7-16-9-12/h11-12,14H,4-10H2,1-3H3. The Bertz CT molecular complexity index is 226. The average Bonchev–Trinajstić information content (AvgIpc) is 2.82. The molecule has 2 rings (SSSR count). The summed E-state index contributed by atoms with van der Waals surface area (Å²) in [5.41, 5.74) is 0.346. The molecule has 2 aliphatic heterocycles. The predicted molar refractivity (Wildman–Crippen MR) is 73.2 cm³/mol. The maximum absolute atomic E-state index is 3.75. The van der Waals surface area contributed by atoms with Crippen LogP contribution in [0.1, 0.15) is 40.0 Å². The summed E-state index contributed by atoms with van der Waals surface area (Å²) in [7, 11) is 0. The van der Waals surface area contributed by atoms with Crippen LogP contribution in [0.2, 0.25) is 0 Å². The molecule has 0 aromatic heterocycles. The van der Waals surface area contributed by atoms with Crippen molar-refractivity contribution in [3.8, 4) is 0 Å². The Balaban J connectivity index is 2.04. The second-order valence-electron chi connectivity index (χ2n) is 5.55. The summed E-state index contributed by atoms with van der Waals surface area (Å²) in [4.78, 5) is 2.81. The fourth-order valence-corrected chi connectivity index (χ4v) is 4.13. The molecule has 1 N–H and O–H groups in total. The molecule has 0 aromatic carbocycles. The smallest absolute Gasteiger partial charge is 0.0278 e. The van der Waals surface area contributed by atoms with E-state index in [1.165, 1.54) is 43.9 Å². The van der Waals surface area contributed by atoms with Gasteiger partial charge in [0.05, 0.1) is 0 Å². The highest BCUT2D eigenvalue weighted by molar-refractivity contribution is 7.99. The monoisotopic (exact) mass is 242 g/mol. The zero-order valence-corrected chi connectivity index (χ0v) is 11.8. The van der Waals surface area contributed by atoms with Crippen molar-refractivity contribution in [2.24, 2.45) is 0 Å². The van der Waals surface area contributed by atoms with Crippen LogP contribution < -0.4 is 5.32 Å². The van der Waals surface area contributed by atoms with Crippen molar-refractivity contribution in [1.82, 2.24) is 10.2 Å². The summed E-state index contributed by atoms with van der Waals surface area (Å²) in [6.45, 7) is 9.44. The van der Waals surface area contributed by atoms with Gasteiger partial charge in [-0.25, -0.2) is 0 Å². The molecule has 3 atom stereocenters. The third-order valence-corrected chi connectivity index (χ3v) is 5.54. The normalized spacial score (nSPS) is 41.4. The number of nitrogens with zero attached hydrogens (tertiary/aromatic N) is 1. The number of rotatable bonds is 3. The minimum Gasteiger partial charge on any atom is -0.309 e. The maximum Gasteiger partial charge on any atom is 0.0278 e. The van der Waals surface area contributed by atoms with E-state index in [4.69, 9.17) is 0 Å². The molecule has 0 aromatic rings. The highest BCUT2D eigenvalue weighted by Crippen LogP contribution is 2.29. The summed E-state index contributed by atoms with van der Waals surface area (Å²) in [6, 6.07) is 1.62. The predicted octanol–water partition coefficient (Wildman–Crippen LogP) is 2.34. The van der Waals surface area contributed by atoms with Gasteiger partial charge in [0, 0.05) is 36.5 Å². The number of hydrogen-bond donors (Lipinski definition) is 1. The fraction of sp³-hybridized carbons (Fsp3) is 1.00. The van der Waals surface area contributed by atoms with Crippen molar-refractivity contribution in [3.05, 3.63) is 0 Å². The van der Waals surface area contributed by atoms with Gasteiger partial charge < -0.3 is 5.32 Å². The molecule has 2 heterocycles. The van der Waals surface area contributed by atoms with E-state index in [-0.39, 0.29) is 0 Å². The van der Waals surface area contributed by atoms with Gasteiger partial charge in [-0.1, -0.05) is 13.8 Å². The Morgan fingerprint density at radius 1 is 1.44 bits per heavy atom. The maximum atomic E-state index is 3.75. The number of piperazine rings is 1. The van der Waals surface area contributed by atoms with Crippen molar-refractivity contribution < 1.29 is 0 Å². The molecule has 0 saturated carbocycles. The van der Waals surface area contributed by atoms with Crippen molar-refractivity contribution in [3.63, 3.8) is 0 Å². The third kappa shape index (κ3) is 2.57. The summed E-state index contributed by atoms with van der Waals surface area (Å²) in [6.07, 6.45) is 3.93. The summed E-state index contributed by atoms with van der Waals surface area (Å²) >= 11 is 2.13. The van der Waals surface area contributed by atoms with Crippen LogP contribution in [0, 0.1) is 0 Å². The van der Waals surface area contributed by atoms with Crippen LogP contribution in [0.25, 0.3) is 0 Å².